The number of aromatic nitrogens is 1. The predicted octanol–water partition coefficient (Wildman–Crippen LogP) is 2.62. The Kier molecular flexibility index (Phi) is 3.50. The summed E-state index contributed by atoms with van der Waals surface area (Å²) in [6.07, 6.45) is 1.61. The average Bonchev–Trinajstić information content (AvgIpc) is 2.76. The number of carbonyl (C=O) groups is 1. The van der Waals surface area contributed by atoms with E-state index in [1.54, 1.807) is 10.8 Å². The van der Waals surface area contributed by atoms with Gasteiger partial charge in [0.05, 0.1) is 11.4 Å². The van der Waals surface area contributed by atoms with Crippen LogP contribution in [0.4, 0.5) is 20.2 Å². The van der Waals surface area contributed by atoms with Crippen LogP contribution in [-0.4, -0.2) is 10.5 Å². The number of carbonyl (C=O) groups excluding carboxylic acids is 1. The molecule has 0 unspecified atom stereocenters. The fraction of sp³-hybridized carbons (Fsp3) is 0.154. The fourth-order valence-electron chi connectivity index (χ4n) is 1.77. The Bertz CT molecular complexity index is 622. The first-order chi connectivity index (χ1) is 9.02. The monoisotopic (exact) mass is 265 g/mol. The number of nitrogens with one attached hydrogen (secondary N) is 1. The van der Waals surface area contributed by atoms with Gasteiger partial charge in [-0.2, -0.15) is 0 Å². The summed E-state index contributed by atoms with van der Waals surface area (Å²) in [6, 6.07) is 5.08. The molecule has 0 aliphatic heterocycles. The molecule has 0 aliphatic carbocycles. The molecule has 1 aromatic carbocycles. The zero-order chi connectivity index (χ0) is 14.0. The minimum Gasteiger partial charge on any atom is -0.397 e. The molecule has 0 saturated heterocycles. The molecule has 19 heavy (non-hydrogen) atoms. The highest BCUT2D eigenvalue weighted by Crippen LogP contribution is 2.18. The van der Waals surface area contributed by atoms with Crippen LogP contribution < -0.4 is 11.1 Å². The number of rotatable bonds is 3. The third-order valence-corrected chi connectivity index (χ3v) is 2.69. The van der Waals surface area contributed by atoms with E-state index in [9.17, 15) is 13.6 Å². The molecule has 0 saturated carbocycles. The van der Waals surface area contributed by atoms with Crippen LogP contribution in [0.15, 0.2) is 30.5 Å². The van der Waals surface area contributed by atoms with Crippen LogP contribution in [0.5, 0.6) is 0 Å². The zero-order valence-electron chi connectivity index (χ0n) is 10.3. The number of halogens is 2. The van der Waals surface area contributed by atoms with Gasteiger partial charge in [0, 0.05) is 12.7 Å². The van der Waals surface area contributed by atoms with E-state index in [0.29, 0.717) is 17.9 Å². The number of anilines is 2. The molecule has 2 rings (SSSR count). The molecular formula is C13H13F2N3O. The number of nitrogens with two attached hydrogens (primary N) is 1. The van der Waals surface area contributed by atoms with E-state index in [1.807, 2.05) is 6.92 Å². The molecule has 2 aromatic rings. The first-order valence-corrected chi connectivity index (χ1v) is 5.74. The summed E-state index contributed by atoms with van der Waals surface area (Å²) in [5.74, 6) is -2.63. The van der Waals surface area contributed by atoms with Crippen molar-refractivity contribution in [1.29, 1.82) is 0 Å². The maximum absolute atomic E-state index is 13.4. The minimum atomic E-state index is -1.08. The Morgan fingerprint density at radius 2 is 2.16 bits per heavy atom. The lowest BCUT2D eigenvalue weighted by Crippen LogP contribution is -2.17. The summed E-state index contributed by atoms with van der Waals surface area (Å²) < 4.78 is 28.1. The molecule has 3 N–H and O–H groups in total. The summed E-state index contributed by atoms with van der Waals surface area (Å²) in [7, 11) is 0. The van der Waals surface area contributed by atoms with Crippen molar-refractivity contribution in [2.24, 2.45) is 0 Å². The number of hydrogen-bond donors (Lipinski definition) is 2. The van der Waals surface area contributed by atoms with Gasteiger partial charge in [-0.3, -0.25) is 4.79 Å². The third kappa shape index (κ3) is 2.57. The molecular weight excluding hydrogens is 252 g/mol. The number of aryl methyl sites for hydroxylation is 1. The van der Waals surface area contributed by atoms with Crippen molar-refractivity contribution < 1.29 is 13.6 Å². The highest BCUT2D eigenvalue weighted by atomic mass is 19.2. The van der Waals surface area contributed by atoms with Gasteiger partial charge in [-0.25, -0.2) is 8.78 Å². The van der Waals surface area contributed by atoms with Crippen LogP contribution >= 0.6 is 0 Å². The van der Waals surface area contributed by atoms with Gasteiger partial charge in [-0.05, 0) is 25.1 Å². The van der Waals surface area contributed by atoms with Gasteiger partial charge in [0.25, 0.3) is 5.91 Å². The lowest BCUT2D eigenvalue weighted by Gasteiger charge is -2.08. The van der Waals surface area contributed by atoms with Crippen molar-refractivity contribution in [2.45, 2.75) is 13.5 Å². The van der Waals surface area contributed by atoms with Gasteiger partial charge >= 0.3 is 0 Å². The molecule has 1 amide bonds. The zero-order valence-corrected chi connectivity index (χ0v) is 10.3. The van der Waals surface area contributed by atoms with E-state index in [0.717, 1.165) is 6.07 Å². The third-order valence-electron chi connectivity index (χ3n) is 2.69. The summed E-state index contributed by atoms with van der Waals surface area (Å²) in [4.78, 5) is 12.0. The quantitative estimate of drug-likeness (QED) is 0.896. The molecule has 100 valence electrons. The standard InChI is InChI=1S/C13H13F2N3O/c1-2-18-7-8(16)6-11(18)13(19)17-10-5-3-4-9(14)12(10)15/h3-7H,2,16H2,1H3,(H,17,19). The first kappa shape index (κ1) is 13.1. The summed E-state index contributed by atoms with van der Waals surface area (Å²) in [6.45, 7) is 2.39. The molecule has 0 atom stereocenters. The second-order valence-corrected chi connectivity index (χ2v) is 4.00. The average molecular weight is 265 g/mol. The van der Waals surface area contributed by atoms with Crippen molar-refractivity contribution >= 4 is 17.3 Å². The molecule has 4 nitrogen and oxygen atoms in total. The lowest BCUT2D eigenvalue weighted by atomic mass is 10.2. The minimum absolute atomic E-state index is 0.201. The molecule has 0 radical (unpaired) electrons. The van der Waals surface area contributed by atoms with Crippen LogP contribution in [0, 0.1) is 11.6 Å². The predicted molar refractivity (Wildman–Crippen MR) is 68.8 cm³/mol. The second-order valence-electron chi connectivity index (χ2n) is 4.00. The van der Waals surface area contributed by atoms with Crippen molar-refractivity contribution in [3.63, 3.8) is 0 Å². The molecule has 0 fully saturated rings. The molecule has 6 heteroatoms. The SMILES string of the molecule is CCn1cc(N)cc1C(=O)Nc1cccc(F)c1F. The molecule has 0 spiro atoms. The Morgan fingerprint density at radius 3 is 2.84 bits per heavy atom. The molecule has 0 aliphatic rings. The van der Waals surface area contributed by atoms with Gasteiger partial charge < -0.3 is 15.6 Å². The van der Waals surface area contributed by atoms with Gasteiger partial charge in [0.2, 0.25) is 0 Å². The smallest absolute Gasteiger partial charge is 0.272 e. The summed E-state index contributed by atoms with van der Waals surface area (Å²) >= 11 is 0. The van der Waals surface area contributed by atoms with Gasteiger partial charge in [0.15, 0.2) is 11.6 Å². The van der Waals surface area contributed by atoms with E-state index in [1.165, 1.54) is 18.2 Å². The topological polar surface area (TPSA) is 60.0 Å². The van der Waals surface area contributed by atoms with Gasteiger partial charge in [-0.15, -0.1) is 0 Å². The highest BCUT2D eigenvalue weighted by molar-refractivity contribution is 6.03. The number of hydrogen-bond acceptors (Lipinski definition) is 2. The summed E-state index contributed by atoms with van der Waals surface area (Å²) in [5, 5.41) is 2.33. The van der Waals surface area contributed by atoms with Crippen molar-refractivity contribution in [3.8, 4) is 0 Å². The van der Waals surface area contributed by atoms with E-state index in [4.69, 9.17) is 5.73 Å². The Hall–Kier alpha value is -2.37. The van der Waals surface area contributed by atoms with Crippen LogP contribution in [-0.2, 0) is 6.54 Å². The number of benzene rings is 1. The lowest BCUT2D eigenvalue weighted by molar-refractivity contribution is 0.101. The largest absolute Gasteiger partial charge is 0.397 e. The van der Waals surface area contributed by atoms with Gasteiger partial charge in [0.1, 0.15) is 5.69 Å². The molecule has 0 bridgehead atoms. The number of amides is 1. The van der Waals surface area contributed by atoms with E-state index < -0.39 is 17.5 Å². The highest BCUT2D eigenvalue weighted by Gasteiger charge is 2.15. The van der Waals surface area contributed by atoms with Crippen molar-refractivity contribution in [2.75, 3.05) is 11.1 Å². The van der Waals surface area contributed by atoms with E-state index in [2.05, 4.69) is 5.32 Å². The van der Waals surface area contributed by atoms with Crippen LogP contribution in [0.3, 0.4) is 0 Å². The van der Waals surface area contributed by atoms with Crippen LogP contribution in [0.2, 0.25) is 0 Å². The molecule has 1 aromatic heterocycles. The summed E-state index contributed by atoms with van der Waals surface area (Å²) in [5.41, 5.74) is 6.14. The van der Waals surface area contributed by atoms with Gasteiger partial charge in [-0.1, -0.05) is 6.07 Å². The van der Waals surface area contributed by atoms with Crippen LogP contribution in [0.1, 0.15) is 17.4 Å². The normalized spacial score (nSPS) is 10.5. The molecule has 1 heterocycles. The maximum atomic E-state index is 13.4. The van der Waals surface area contributed by atoms with E-state index >= 15 is 0 Å². The Balaban J connectivity index is 2.28. The van der Waals surface area contributed by atoms with Crippen LogP contribution in [0.25, 0.3) is 0 Å². The maximum Gasteiger partial charge on any atom is 0.272 e. The van der Waals surface area contributed by atoms with E-state index in [-0.39, 0.29) is 5.69 Å². The second kappa shape index (κ2) is 5.09. The van der Waals surface area contributed by atoms with Crippen molar-refractivity contribution in [1.82, 2.24) is 4.57 Å². The van der Waals surface area contributed by atoms with Crippen molar-refractivity contribution in [3.05, 3.63) is 47.8 Å². The Labute approximate surface area is 108 Å². The number of nitrogen functional groups attached to an aromatic ring is 1. The first-order valence-electron chi connectivity index (χ1n) is 5.74. The fourth-order valence-corrected chi connectivity index (χ4v) is 1.77. The Morgan fingerprint density at radius 1 is 1.42 bits per heavy atom. The number of nitrogens with zero attached hydrogens (tertiary/aromatic N) is 1.